The van der Waals surface area contributed by atoms with Crippen molar-refractivity contribution in [2.75, 3.05) is 0 Å². The van der Waals surface area contributed by atoms with Crippen LogP contribution in [0.5, 0.6) is 0 Å². The minimum absolute atomic E-state index is 0.182. The number of aromatic nitrogens is 5. The SMILES string of the molecule is Cc1cc(C(=O)NC2(c3ncc[nH]3)CC2)ccc1C(=O)N[C@H](C)c1cc(-c2cnn(C)c2)nc2ccccc12. The number of para-hydroxylation sites is 1. The number of carbonyl (C=O) groups is 2. The lowest BCUT2D eigenvalue weighted by atomic mass is 9.99. The highest BCUT2D eigenvalue weighted by atomic mass is 16.2. The number of nitrogens with one attached hydrogen (secondary N) is 3. The molecule has 1 saturated carbocycles. The average Bonchev–Trinajstić information content (AvgIpc) is 3.28. The molecule has 0 spiro atoms. The number of rotatable bonds is 7. The van der Waals surface area contributed by atoms with E-state index in [9.17, 15) is 9.59 Å². The topological polar surface area (TPSA) is 118 Å². The van der Waals surface area contributed by atoms with Crippen molar-refractivity contribution in [1.29, 1.82) is 0 Å². The molecule has 0 aliphatic heterocycles. The lowest BCUT2D eigenvalue weighted by Crippen LogP contribution is -2.35. The van der Waals surface area contributed by atoms with E-state index in [4.69, 9.17) is 4.98 Å². The van der Waals surface area contributed by atoms with Crippen molar-refractivity contribution in [2.24, 2.45) is 7.05 Å². The van der Waals surface area contributed by atoms with E-state index in [1.165, 1.54) is 0 Å². The lowest BCUT2D eigenvalue weighted by molar-refractivity contribution is 0.0920. The summed E-state index contributed by atoms with van der Waals surface area (Å²) >= 11 is 0. The van der Waals surface area contributed by atoms with E-state index in [-0.39, 0.29) is 17.9 Å². The number of aryl methyl sites for hydroxylation is 2. The van der Waals surface area contributed by atoms with Gasteiger partial charge in [-0.3, -0.25) is 14.3 Å². The third-order valence-corrected chi connectivity index (χ3v) is 7.35. The number of H-pyrrole nitrogens is 1. The third kappa shape index (κ3) is 4.67. The summed E-state index contributed by atoms with van der Waals surface area (Å²) in [6.45, 7) is 3.81. The summed E-state index contributed by atoms with van der Waals surface area (Å²) in [5.74, 6) is 0.386. The predicted molar refractivity (Wildman–Crippen MR) is 148 cm³/mol. The Morgan fingerprint density at radius 2 is 1.92 bits per heavy atom. The van der Waals surface area contributed by atoms with E-state index >= 15 is 0 Å². The van der Waals surface area contributed by atoms with E-state index in [2.05, 4.69) is 25.7 Å². The van der Waals surface area contributed by atoms with Crippen LogP contribution in [-0.4, -0.2) is 36.5 Å². The van der Waals surface area contributed by atoms with Crippen LogP contribution in [0.3, 0.4) is 0 Å². The van der Waals surface area contributed by atoms with Gasteiger partial charge in [0.15, 0.2) is 0 Å². The van der Waals surface area contributed by atoms with Gasteiger partial charge < -0.3 is 15.6 Å². The van der Waals surface area contributed by atoms with Gasteiger partial charge in [-0.25, -0.2) is 9.97 Å². The number of nitrogens with zero attached hydrogens (tertiary/aromatic N) is 4. The van der Waals surface area contributed by atoms with Gasteiger partial charge in [-0.1, -0.05) is 18.2 Å². The Bertz CT molecular complexity index is 1700. The quantitative estimate of drug-likeness (QED) is 0.291. The van der Waals surface area contributed by atoms with Gasteiger partial charge in [0.05, 0.1) is 29.0 Å². The molecule has 0 radical (unpaired) electrons. The number of hydrogen-bond donors (Lipinski definition) is 3. The molecule has 0 bridgehead atoms. The number of benzene rings is 2. The molecule has 2 amide bonds. The third-order valence-electron chi connectivity index (χ3n) is 7.35. The Kier molecular flexibility index (Phi) is 5.98. The molecular formula is C30H29N7O2. The fourth-order valence-corrected chi connectivity index (χ4v) is 5.04. The molecule has 1 aliphatic rings. The normalized spacial score (nSPS) is 14.6. The second-order valence-corrected chi connectivity index (χ2v) is 10.2. The Labute approximate surface area is 225 Å². The maximum absolute atomic E-state index is 13.4. The number of pyridine rings is 1. The summed E-state index contributed by atoms with van der Waals surface area (Å²) in [6, 6.07) is 14.8. The molecule has 1 fully saturated rings. The first-order chi connectivity index (χ1) is 18.8. The van der Waals surface area contributed by atoms with Gasteiger partial charge in [-0.15, -0.1) is 0 Å². The molecule has 196 valence electrons. The largest absolute Gasteiger partial charge is 0.347 e. The first-order valence-corrected chi connectivity index (χ1v) is 13.0. The average molecular weight is 520 g/mol. The van der Waals surface area contributed by atoms with Crippen LogP contribution in [0.2, 0.25) is 0 Å². The minimum Gasteiger partial charge on any atom is -0.347 e. The molecule has 3 aromatic heterocycles. The molecule has 5 aromatic rings. The summed E-state index contributed by atoms with van der Waals surface area (Å²) < 4.78 is 1.74. The predicted octanol–water partition coefficient (Wildman–Crippen LogP) is 4.58. The molecule has 0 unspecified atom stereocenters. The zero-order valence-corrected chi connectivity index (χ0v) is 22.0. The van der Waals surface area contributed by atoms with Crippen LogP contribution >= 0.6 is 0 Å². The maximum Gasteiger partial charge on any atom is 0.252 e. The molecule has 39 heavy (non-hydrogen) atoms. The molecule has 9 nitrogen and oxygen atoms in total. The number of fused-ring (bicyclic) bond motifs is 1. The van der Waals surface area contributed by atoms with Crippen molar-refractivity contribution in [3.63, 3.8) is 0 Å². The molecule has 3 heterocycles. The van der Waals surface area contributed by atoms with E-state index in [0.717, 1.165) is 52.0 Å². The second-order valence-electron chi connectivity index (χ2n) is 10.2. The van der Waals surface area contributed by atoms with Crippen molar-refractivity contribution in [3.05, 3.63) is 101 Å². The zero-order valence-electron chi connectivity index (χ0n) is 22.0. The standard InChI is InChI=1S/C30H29N7O2/c1-18-14-20(27(38)36-30(10-11-30)29-31-12-13-32-29)8-9-22(18)28(39)34-19(2)24-15-26(21-16-33-37(3)17-21)35-25-7-5-4-6-23(24)25/h4-9,12-17,19H,10-11H2,1-3H3,(H,31,32)(H,34,39)(H,36,38)/t19-/m1/s1. The maximum atomic E-state index is 13.4. The highest BCUT2D eigenvalue weighted by Crippen LogP contribution is 2.44. The van der Waals surface area contributed by atoms with E-state index in [0.29, 0.717) is 11.1 Å². The van der Waals surface area contributed by atoms with Crippen molar-refractivity contribution in [2.45, 2.75) is 38.3 Å². The van der Waals surface area contributed by atoms with Crippen molar-refractivity contribution >= 4 is 22.7 Å². The molecule has 0 saturated heterocycles. The van der Waals surface area contributed by atoms with Crippen molar-refractivity contribution < 1.29 is 9.59 Å². The van der Waals surface area contributed by atoms with Crippen molar-refractivity contribution in [1.82, 2.24) is 35.4 Å². The summed E-state index contributed by atoms with van der Waals surface area (Å²) in [4.78, 5) is 38.6. The number of hydrogen-bond acceptors (Lipinski definition) is 5. The number of aromatic amines is 1. The highest BCUT2D eigenvalue weighted by Gasteiger charge is 2.48. The molecule has 1 aliphatic carbocycles. The number of imidazole rings is 1. The second kappa shape index (κ2) is 9.50. The number of amides is 2. The Balaban J connectivity index is 1.22. The Morgan fingerprint density at radius 3 is 2.62 bits per heavy atom. The van der Waals surface area contributed by atoms with Crippen LogP contribution in [-0.2, 0) is 12.6 Å². The summed E-state index contributed by atoms with van der Waals surface area (Å²) in [6.07, 6.45) is 8.84. The van der Waals surface area contributed by atoms with Crippen molar-refractivity contribution in [3.8, 4) is 11.3 Å². The van der Waals surface area contributed by atoms with Crippen LogP contribution in [0.4, 0.5) is 0 Å². The van der Waals surface area contributed by atoms with E-state index in [1.807, 2.05) is 57.4 Å². The summed E-state index contributed by atoms with van der Waals surface area (Å²) in [5, 5.41) is 11.5. The number of carbonyl (C=O) groups excluding carboxylic acids is 2. The van der Waals surface area contributed by atoms with Gasteiger partial charge in [0.2, 0.25) is 0 Å². The molecule has 6 rings (SSSR count). The lowest BCUT2D eigenvalue weighted by Gasteiger charge is -2.19. The summed E-state index contributed by atoms with van der Waals surface area (Å²) in [7, 11) is 1.87. The van der Waals surface area contributed by atoms with Crippen LogP contribution in [0, 0.1) is 6.92 Å². The van der Waals surface area contributed by atoms with Gasteiger partial charge in [0, 0.05) is 47.7 Å². The fraction of sp³-hybridized carbons (Fsp3) is 0.233. The van der Waals surface area contributed by atoms with Gasteiger partial charge in [-0.2, -0.15) is 5.10 Å². The monoisotopic (exact) mass is 519 g/mol. The van der Waals surface area contributed by atoms with Gasteiger partial charge in [0.1, 0.15) is 5.82 Å². The van der Waals surface area contributed by atoms with Gasteiger partial charge >= 0.3 is 0 Å². The minimum atomic E-state index is -0.429. The van der Waals surface area contributed by atoms with Gasteiger partial charge in [0.25, 0.3) is 11.8 Å². The first kappa shape index (κ1) is 24.5. The Morgan fingerprint density at radius 1 is 1.10 bits per heavy atom. The van der Waals surface area contributed by atoms with Gasteiger partial charge in [-0.05, 0) is 68.1 Å². The fourth-order valence-electron chi connectivity index (χ4n) is 5.04. The molecule has 1 atom stereocenters. The summed E-state index contributed by atoms with van der Waals surface area (Å²) in [5.41, 5.74) is 4.86. The molecule has 3 N–H and O–H groups in total. The zero-order chi connectivity index (χ0) is 27.1. The molecular weight excluding hydrogens is 490 g/mol. The van der Waals surface area contributed by atoms with Crippen LogP contribution in [0.25, 0.3) is 22.2 Å². The van der Waals surface area contributed by atoms with Crippen LogP contribution < -0.4 is 10.6 Å². The smallest absolute Gasteiger partial charge is 0.252 e. The first-order valence-electron chi connectivity index (χ1n) is 13.0. The van der Waals surface area contributed by atoms with Crippen LogP contribution in [0.1, 0.15) is 63.5 Å². The molecule has 2 aromatic carbocycles. The van der Waals surface area contributed by atoms with E-state index in [1.54, 1.807) is 41.5 Å². The van der Waals surface area contributed by atoms with Crippen LogP contribution in [0.15, 0.2) is 73.3 Å². The Hall–Kier alpha value is -4.79. The highest BCUT2D eigenvalue weighted by molar-refractivity contribution is 5.99. The van der Waals surface area contributed by atoms with E-state index < -0.39 is 5.54 Å². The molecule has 9 heteroatoms.